The molecule has 0 amide bonds. The lowest BCUT2D eigenvalue weighted by Gasteiger charge is -2.09. The van der Waals surface area contributed by atoms with Crippen LogP contribution in [0.15, 0.2) is 30.4 Å². The number of hydrogen-bond donors (Lipinski definition) is 0. The van der Waals surface area contributed by atoms with Crippen molar-refractivity contribution in [3.8, 4) is 5.75 Å². The first-order valence-electron chi connectivity index (χ1n) is 7.56. The molecule has 0 saturated carbocycles. The summed E-state index contributed by atoms with van der Waals surface area (Å²) in [7, 11) is 0. The number of aldehydes is 1. The predicted molar refractivity (Wildman–Crippen MR) is 86.3 cm³/mol. The van der Waals surface area contributed by atoms with Crippen molar-refractivity contribution >= 4 is 12.3 Å². The monoisotopic (exact) mass is 304 g/mol. The van der Waals surface area contributed by atoms with Gasteiger partial charge in [0.15, 0.2) is 0 Å². The lowest BCUT2D eigenvalue weighted by molar-refractivity contribution is -0.139. The summed E-state index contributed by atoms with van der Waals surface area (Å²) in [5.41, 5.74) is 2.06. The SMILES string of the molecule is C=C(C)C(=O)OCCCCCCOc1ccc(C=O)cc1C. The molecule has 0 N–H and O–H groups in total. The highest BCUT2D eigenvalue weighted by Gasteiger charge is 2.03. The van der Waals surface area contributed by atoms with E-state index < -0.39 is 0 Å². The Balaban J connectivity index is 2.10. The Kier molecular flexibility index (Phi) is 7.97. The van der Waals surface area contributed by atoms with Gasteiger partial charge < -0.3 is 9.47 Å². The second kappa shape index (κ2) is 9.77. The van der Waals surface area contributed by atoms with Crippen LogP contribution in [-0.2, 0) is 9.53 Å². The molecule has 1 rings (SSSR count). The van der Waals surface area contributed by atoms with Gasteiger partial charge in [0, 0.05) is 11.1 Å². The number of benzene rings is 1. The fourth-order valence-electron chi connectivity index (χ4n) is 1.94. The zero-order valence-corrected chi connectivity index (χ0v) is 13.4. The fraction of sp³-hybridized carbons (Fsp3) is 0.444. The molecule has 0 aliphatic heterocycles. The van der Waals surface area contributed by atoms with Crippen LogP contribution in [0.25, 0.3) is 0 Å². The van der Waals surface area contributed by atoms with Crippen LogP contribution in [0.4, 0.5) is 0 Å². The summed E-state index contributed by atoms with van der Waals surface area (Å²) in [4.78, 5) is 21.8. The maximum Gasteiger partial charge on any atom is 0.333 e. The molecule has 0 aliphatic rings. The Morgan fingerprint density at radius 3 is 2.45 bits per heavy atom. The minimum absolute atomic E-state index is 0.322. The molecule has 0 atom stereocenters. The minimum atomic E-state index is -0.322. The van der Waals surface area contributed by atoms with Gasteiger partial charge >= 0.3 is 5.97 Å². The number of aryl methyl sites for hydroxylation is 1. The Morgan fingerprint density at radius 1 is 1.18 bits per heavy atom. The van der Waals surface area contributed by atoms with Crippen LogP contribution >= 0.6 is 0 Å². The van der Waals surface area contributed by atoms with Crippen molar-refractivity contribution in [3.63, 3.8) is 0 Å². The normalized spacial score (nSPS) is 10.1. The van der Waals surface area contributed by atoms with Crippen molar-refractivity contribution in [2.45, 2.75) is 39.5 Å². The number of ether oxygens (including phenoxy) is 2. The smallest absolute Gasteiger partial charge is 0.333 e. The molecule has 0 unspecified atom stereocenters. The Bertz CT molecular complexity index is 520. The van der Waals surface area contributed by atoms with Crippen LogP contribution < -0.4 is 4.74 Å². The number of carbonyl (C=O) groups excluding carboxylic acids is 2. The van der Waals surface area contributed by atoms with Crippen molar-refractivity contribution in [2.75, 3.05) is 13.2 Å². The molecular formula is C18H24O4. The van der Waals surface area contributed by atoms with E-state index in [2.05, 4.69) is 6.58 Å². The molecule has 4 heteroatoms. The van der Waals surface area contributed by atoms with E-state index in [1.807, 2.05) is 19.1 Å². The van der Waals surface area contributed by atoms with Gasteiger partial charge in [-0.25, -0.2) is 4.79 Å². The molecule has 0 heterocycles. The van der Waals surface area contributed by atoms with E-state index in [9.17, 15) is 9.59 Å². The largest absolute Gasteiger partial charge is 0.493 e. The summed E-state index contributed by atoms with van der Waals surface area (Å²) in [5.74, 6) is 0.499. The van der Waals surface area contributed by atoms with Crippen molar-refractivity contribution in [3.05, 3.63) is 41.5 Å². The molecule has 0 aliphatic carbocycles. The first-order chi connectivity index (χ1) is 10.5. The van der Waals surface area contributed by atoms with E-state index in [0.29, 0.717) is 24.4 Å². The Morgan fingerprint density at radius 2 is 1.86 bits per heavy atom. The van der Waals surface area contributed by atoms with Crippen molar-refractivity contribution < 1.29 is 19.1 Å². The maximum absolute atomic E-state index is 11.1. The molecule has 0 spiro atoms. The highest BCUT2D eigenvalue weighted by Crippen LogP contribution is 2.18. The number of carbonyl (C=O) groups is 2. The van der Waals surface area contributed by atoms with Crippen LogP contribution in [0.2, 0.25) is 0 Å². The van der Waals surface area contributed by atoms with Crippen LogP contribution in [0.1, 0.15) is 48.5 Å². The van der Waals surface area contributed by atoms with Gasteiger partial charge in [0.2, 0.25) is 0 Å². The van der Waals surface area contributed by atoms with Gasteiger partial charge in [-0.3, -0.25) is 4.79 Å². The predicted octanol–water partition coefficient (Wildman–Crippen LogP) is 3.87. The first kappa shape index (κ1) is 18.0. The summed E-state index contributed by atoms with van der Waals surface area (Å²) >= 11 is 0. The molecule has 0 fully saturated rings. The van der Waals surface area contributed by atoms with Crippen molar-refractivity contribution in [2.24, 2.45) is 0 Å². The van der Waals surface area contributed by atoms with Gasteiger partial charge in [0.1, 0.15) is 12.0 Å². The number of esters is 1. The number of rotatable bonds is 10. The highest BCUT2D eigenvalue weighted by atomic mass is 16.5. The standard InChI is InChI=1S/C18H24O4/c1-14(2)18(20)22-11-7-5-4-6-10-21-17-9-8-16(13-19)12-15(17)3/h8-9,12-13H,1,4-7,10-11H2,2-3H3. The van der Waals surface area contributed by atoms with Gasteiger partial charge in [0.25, 0.3) is 0 Å². The summed E-state index contributed by atoms with van der Waals surface area (Å²) in [6.07, 6.45) is 4.65. The summed E-state index contributed by atoms with van der Waals surface area (Å²) in [6, 6.07) is 5.40. The van der Waals surface area contributed by atoms with Gasteiger partial charge in [-0.1, -0.05) is 6.58 Å². The quantitative estimate of drug-likeness (QED) is 0.285. The molecule has 0 aromatic heterocycles. The zero-order valence-electron chi connectivity index (χ0n) is 13.4. The number of unbranched alkanes of at least 4 members (excludes halogenated alkanes) is 3. The van der Waals surface area contributed by atoms with Crippen LogP contribution in [0.5, 0.6) is 5.75 Å². The molecule has 0 saturated heterocycles. The minimum Gasteiger partial charge on any atom is -0.493 e. The van der Waals surface area contributed by atoms with E-state index in [-0.39, 0.29) is 5.97 Å². The van der Waals surface area contributed by atoms with Crippen LogP contribution in [0, 0.1) is 6.92 Å². The molecule has 1 aromatic rings. The summed E-state index contributed by atoms with van der Waals surface area (Å²) in [5, 5.41) is 0. The second-order valence-corrected chi connectivity index (χ2v) is 5.32. The summed E-state index contributed by atoms with van der Waals surface area (Å²) < 4.78 is 10.7. The molecule has 4 nitrogen and oxygen atoms in total. The summed E-state index contributed by atoms with van der Waals surface area (Å²) in [6.45, 7) is 8.19. The molecular weight excluding hydrogens is 280 g/mol. The van der Waals surface area contributed by atoms with Gasteiger partial charge in [-0.15, -0.1) is 0 Å². The average molecular weight is 304 g/mol. The number of hydrogen-bond acceptors (Lipinski definition) is 4. The highest BCUT2D eigenvalue weighted by molar-refractivity contribution is 5.86. The average Bonchev–Trinajstić information content (AvgIpc) is 2.50. The van der Waals surface area contributed by atoms with Crippen molar-refractivity contribution in [1.29, 1.82) is 0 Å². The van der Waals surface area contributed by atoms with E-state index in [4.69, 9.17) is 9.47 Å². The van der Waals surface area contributed by atoms with Crippen LogP contribution in [0.3, 0.4) is 0 Å². The second-order valence-electron chi connectivity index (χ2n) is 5.32. The third kappa shape index (κ3) is 6.57. The van der Waals surface area contributed by atoms with E-state index in [1.165, 1.54) is 0 Å². The van der Waals surface area contributed by atoms with E-state index in [0.717, 1.165) is 43.3 Å². The third-order valence-electron chi connectivity index (χ3n) is 3.21. The topological polar surface area (TPSA) is 52.6 Å². The third-order valence-corrected chi connectivity index (χ3v) is 3.21. The zero-order chi connectivity index (χ0) is 16.4. The van der Waals surface area contributed by atoms with Gasteiger partial charge in [0.05, 0.1) is 13.2 Å². The lowest BCUT2D eigenvalue weighted by Crippen LogP contribution is -2.06. The molecule has 0 radical (unpaired) electrons. The maximum atomic E-state index is 11.1. The van der Waals surface area contributed by atoms with Gasteiger partial charge in [-0.05, 0) is 63.3 Å². The Labute approximate surface area is 132 Å². The molecule has 22 heavy (non-hydrogen) atoms. The van der Waals surface area contributed by atoms with Gasteiger partial charge in [-0.2, -0.15) is 0 Å². The molecule has 120 valence electrons. The molecule has 0 bridgehead atoms. The van der Waals surface area contributed by atoms with E-state index in [1.54, 1.807) is 13.0 Å². The van der Waals surface area contributed by atoms with Crippen LogP contribution in [-0.4, -0.2) is 25.5 Å². The van der Waals surface area contributed by atoms with Crippen molar-refractivity contribution in [1.82, 2.24) is 0 Å². The molecule has 1 aromatic carbocycles. The Hall–Kier alpha value is -2.10. The van der Waals surface area contributed by atoms with E-state index >= 15 is 0 Å². The fourth-order valence-corrected chi connectivity index (χ4v) is 1.94. The first-order valence-corrected chi connectivity index (χ1v) is 7.56. The lowest BCUT2D eigenvalue weighted by atomic mass is 10.1.